The second kappa shape index (κ2) is 7.74. The first-order valence-corrected chi connectivity index (χ1v) is 12.9. The molecule has 2 aromatic heterocycles. The summed E-state index contributed by atoms with van der Waals surface area (Å²) in [5, 5.41) is 7.30. The Morgan fingerprint density at radius 3 is 2.60 bits per heavy atom. The van der Waals surface area contributed by atoms with Gasteiger partial charge in [0.2, 0.25) is 5.95 Å². The molecule has 3 aromatic rings. The first-order valence-electron chi connectivity index (χ1n) is 12.1. The lowest BCUT2D eigenvalue weighted by Crippen LogP contribution is -2.59. The molecule has 1 aromatic carbocycles. The van der Waals surface area contributed by atoms with Crippen molar-refractivity contribution < 1.29 is 9.53 Å². The Morgan fingerprint density at radius 2 is 1.91 bits per heavy atom. The van der Waals surface area contributed by atoms with Crippen LogP contribution in [0.15, 0.2) is 18.5 Å². The minimum Gasteiger partial charge on any atom is -0.486 e. The van der Waals surface area contributed by atoms with E-state index in [0.717, 1.165) is 28.9 Å². The van der Waals surface area contributed by atoms with Gasteiger partial charge in [-0.05, 0) is 56.4 Å². The average molecular weight is 514 g/mol. The summed E-state index contributed by atoms with van der Waals surface area (Å²) in [6.45, 7) is 8.72. The van der Waals surface area contributed by atoms with Crippen LogP contribution in [0.5, 0.6) is 5.75 Å². The number of aromatic nitrogens is 3. The maximum atomic E-state index is 13.6. The van der Waals surface area contributed by atoms with Crippen molar-refractivity contribution in [1.82, 2.24) is 20.3 Å². The number of hydrogen-bond acceptors (Lipinski definition) is 5. The number of amides is 1. The maximum absolute atomic E-state index is 13.6. The summed E-state index contributed by atoms with van der Waals surface area (Å²) >= 11 is 12.6. The van der Waals surface area contributed by atoms with E-state index in [0.29, 0.717) is 50.7 Å². The van der Waals surface area contributed by atoms with Crippen molar-refractivity contribution in [3.63, 3.8) is 0 Å². The van der Waals surface area contributed by atoms with Crippen molar-refractivity contribution in [2.75, 3.05) is 5.32 Å². The van der Waals surface area contributed by atoms with Gasteiger partial charge in [-0.3, -0.25) is 9.78 Å². The molecule has 2 bridgehead atoms. The van der Waals surface area contributed by atoms with Crippen LogP contribution in [-0.4, -0.2) is 32.5 Å². The van der Waals surface area contributed by atoms with Crippen LogP contribution in [0.4, 0.5) is 11.6 Å². The van der Waals surface area contributed by atoms with E-state index in [9.17, 15) is 4.79 Å². The molecule has 3 saturated carbocycles. The van der Waals surface area contributed by atoms with Gasteiger partial charge in [-0.1, -0.05) is 37.0 Å². The summed E-state index contributed by atoms with van der Waals surface area (Å²) in [4.78, 5) is 25.7. The molecule has 3 N–H and O–H groups in total. The smallest absolute Gasteiger partial charge is 0.255 e. The number of imidazole rings is 1. The molecule has 3 atom stereocenters. The highest BCUT2D eigenvalue weighted by Gasteiger charge is 2.54. The number of hydrogen-bond donors (Lipinski definition) is 3. The molecular weight excluding hydrogens is 485 g/mol. The highest BCUT2D eigenvalue weighted by Crippen LogP contribution is 2.59. The Hall–Kier alpha value is -2.51. The zero-order chi connectivity index (χ0) is 24.7. The van der Waals surface area contributed by atoms with Crippen LogP contribution in [0, 0.1) is 17.3 Å². The number of pyridine rings is 1. The summed E-state index contributed by atoms with van der Waals surface area (Å²) in [6, 6.07) is 2.04. The molecule has 35 heavy (non-hydrogen) atoms. The Bertz CT molecular complexity index is 1340. The summed E-state index contributed by atoms with van der Waals surface area (Å²) in [6.07, 6.45) is 7.10. The number of H-pyrrole nitrogens is 1. The summed E-state index contributed by atoms with van der Waals surface area (Å²) in [5.41, 5.74) is 3.39. The molecule has 3 fully saturated rings. The Kier molecular flexibility index (Phi) is 5.07. The molecule has 7 rings (SSSR count). The number of fused-ring (bicyclic) bond motifs is 5. The Balaban J connectivity index is 1.36. The molecule has 1 aliphatic heterocycles. The average Bonchev–Trinajstić information content (AvgIpc) is 3.34. The highest BCUT2D eigenvalue weighted by molar-refractivity contribution is 6.39. The van der Waals surface area contributed by atoms with E-state index in [4.69, 9.17) is 32.9 Å². The van der Waals surface area contributed by atoms with Gasteiger partial charge in [0.1, 0.15) is 11.4 Å². The molecule has 1 amide bonds. The van der Waals surface area contributed by atoms with Gasteiger partial charge in [-0.25, -0.2) is 4.98 Å². The predicted octanol–water partition coefficient (Wildman–Crippen LogP) is 6.28. The van der Waals surface area contributed by atoms with Crippen LogP contribution in [0.25, 0.3) is 11.0 Å². The van der Waals surface area contributed by atoms with E-state index in [1.165, 1.54) is 25.2 Å². The largest absolute Gasteiger partial charge is 0.486 e. The lowest BCUT2D eigenvalue weighted by atomic mass is 9.47. The van der Waals surface area contributed by atoms with Crippen LogP contribution in [0.1, 0.15) is 62.9 Å². The third-order valence-electron chi connectivity index (χ3n) is 8.32. The number of aromatic amines is 1. The van der Waals surface area contributed by atoms with E-state index >= 15 is 0 Å². The van der Waals surface area contributed by atoms with Crippen molar-refractivity contribution in [3.05, 3.63) is 39.6 Å². The van der Waals surface area contributed by atoms with Crippen LogP contribution < -0.4 is 15.4 Å². The van der Waals surface area contributed by atoms with Crippen molar-refractivity contribution in [3.8, 4) is 5.75 Å². The predicted molar refractivity (Wildman–Crippen MR) is 138 cm³/mol. The van der Waals surface area contributed by atoms with Crippen molar-refractivity contribution in [1.29, 1.82) is 0 Å². The fourth-order valence-electron chi connectivity index (χ4n) is 6.33. The number of carbonyl (C=O) groups excluding carboxylic acids is 1. The fraction of sp³-hybridized carbons (Fsp3) is 0.500. The number of nitrogens with zero attached hydrogens (tertiary/aromatic N) is 2. The second-order valence-electron chi connectivity index (χ2n) is 11.4. The van der Waals surface area contributed by atoms with Crippen LogP contribution in [0.3, 0.4) is 0 Å². The van der Waals surface area contributed by atoms with Gasteiger partial charge >= 0.3 is 0 Å². The topological polar surface area (TPSA) is 91.9 Å². The highest BCUT2D eigenvalue weighted by atomic mass is 35.5. The summed E-state index contributed by atoms with van der Waals surface area (Å²) < 4.78 is 6.30. The minimum absolute atomic E-state index is 0.0867. The van der Waals surface area contributed by atoms with Crippen LogP contribution >= 0.6 is 23.2 Å². The molecular formula is C26H29Cl2N5O2. The molecule has 0 saturated heterocycles. The fourth-order valence-corrected chi connectivity index (χ4v) is 6.79. The third-order valence-corrected chi connectivity index (χ3v) is 8.90. The van der Waals surface area contributed by atoms with Gasteiger partial charge in [0, 0.05) is 30.4 Å². The third kappa shape index (κ3) is 3.66. The normalized spacial score (nSPS) is 25.5. The quantitative estimate of drug-likeness (QED) is 0.381. The van der Waals surface area contributed by atoms with Gasteiger partial charge in [0.25, 0.3) is 5.91 Å². The zero-order valence-corrected chi connectivity index (χ0v) is 21.8. The number of anilines is 2. The molecule has 3 heterocycles. The molecule has 9 heteroatoms. The van der Waals surface area contributed by atoms with Crippen molar-refractivity contribution in [2.45, 2.75) is 65.0 Å². The standard InChI is InChI=1S/C26H29Cl2N5O2/c1-25(2)9-14-20-19(31-24(32-20)33-21-16(27)10-29-11-17(21)28)8-13(22(14)35-25)23(34)30-18-6-5-12-7-15(18)26(12,3)4/h8,10-12,15,18H,5-7,9H2,1-4H3,(H,30,34)(H2,29,31,32,33). The number of rotatable bonds is 4. The van der Waals surface area contributed by atoms with E-state index in [2.05, 4.69) is 34.4 Å². The minimum atomic E-state index is -0.427. The van der Waals surface area contributed by atoms with E-state index in [1.807, 2.05) is 19.9 Å². The zero-order valence-electron chi connectivity index (χ0n) is 20.3. The maximum Gasteiger partial charge on any atom is 0.255 e. The Morgan fingerprint density at radius 1 is 1.17 bits per heavy atom. The van der Waals surface area contributed by atoms with Crippen molar-refractivity contribution in [2.24, 2.45) is 17.3 Å². The van der Waals surface area contributed by atoms with E-state index in [-0.39, 0.29) is 11.9 Å². The number of benzene rings is 1. The lowest BCUT2D eigenvalue weighted by Gasteiger charge is -2.60. The molecule has 184 valence electrons. The van der Waals surface area contributed by atoms with Gasteiger partial charge in [-0.2, -0.15) is 0 Å². The number of carbonyl (C=O) groups is 1. The van der Waals surface area contributed by atoms with Crippen molar-refractivity contribution >= 4 is 51.8 Å². The monoisotopic (exact) mass is 513 g/mol. The molecule has 3 unspecified atom stereocenters. The first-order chi connectivity index (χ1) is 16.5. The molecule has 0 spiro atoms. The second-order valence-corrected chi connectivity index (χ2v) is 12.2. The summed E-state index contributed by atoms with van der Waals surface area (Å²) in [7, 11) is 0. The van der Waals surface area contributed by atoms with E-state index in [1.54, 1.807) is 0 Å². The van der Waals surface area contributed by atoms with E-state index < -0.39 is 5.60 Å². The molecule has 0 radical (unpaired) electrons. The van der Waals surface area contributed by atoms with Gasteiger partial charge in [0.15, 0.2) is 0 Å². The molecule has 7 nitrogen and oxygen atoms in total. The lowest BCUT2D eigenvalue weighted by molar-refractivity contribution is -0.0844. The first kappa shape index (κ1) is 22.9. The molecule has 3 aliphatic carbocycles. The number of nitrogens with one attached hydrogen (secondary N) is 3. The number of ether oxygens (including phenoxy) is 1. The summed E-state index contributed by atoms with van der Waals surface area (Å²) in [5.74, 6) is 2.32. The van der Waals surface area contributed by atoms with Gasteiger partial charge in [0.05, 0.1) is 32.3 Å². The SMILES string of the molecule is CC1(C)Cc2c(c(C(=O)NC3CCC4CC3C4(C)C)cc3[nH]c(Nc4c(Cl)cncc4Cl)nc23)O1. The van der Waals surface area contributed by atoms with Crippen LogP contribution in [0.2, 0.25) is 10.0 Å². The van der Waals surface area contributed by atoms with Gasteiger partial charge in [-0.15, -0.1) is 0 Å². The van der Waals surface area contributed by atoms with Crippen LogP contribution in [-0.2, 0) is 6.42 Å². The number of halogens is 2. The molecule has 4 aliphatic rings. The van der Waals surface area contributed by atoms with Gasteiger partial charge < -0.3 is 20.4 Å². The Labute approximate surface area is 214 Å².